The molecular weight excluding hydrogens is 206 g/mol. The Labute approximate surface area is 84.7 Å². The first kappa shape index (κ1) is 10.9. The van der Waals surface area contributed by atoms with Crippen LogP contribution in [0, 0.1) is 0 Å². The molecule has 0 aliphatic heterocycles. The zero-order chi connectivity index (χ0) is 10.6. The maximum atomic E-state index is 10.4. The molecule has 0 fully saturated rings. The van der Waals surface area contributed by atoms with E-state index in [1.165, 1.54) is 16.6 Å². The van der Waals surface area contributed by atoms with E-state index in [2.05, 4.69) is 15.4 Å². The maximum absolute atomic E-state index is 10.4. The lowest BCUT2D eigenvalue weighted by Gasteiger charge is -2.03. The number of aromatic nitrogens is 4. The van der Waals surface area contributed by atoms with E-state index in [0.717, 1.165) is 0 Å². The van der Waals surface area contributed by atoms with Gasteiger partial charge in [0.15, 0.2) is 5.82 Å². The van der Waals surface area contributed by atoms with Crippen LogP contribution >= 0.6 is 11.8 Å². The summed E-state index contributed by atoms with van der Waals surface area (Å²) in [5.74, 6) is 0.447. The Morgan fingerprint density at radius 3 is 3.00 bits per heavy atom. The Hall–Kier alpha value is -1.15. The normalized spacial score (nSPS) is 12.7. The lowest BCUT2D eigenvalue weighted by molar-refractivity contribution is -0.137. The van der Waals surface area contributed by atoms with Crippen molar-refractivity contribution in [1.29, 1.82) is 0 Å². The SMILES string of the molecule is Cn1nnc(CSC[C@H](N)C(=O)O)n1. The third-order valence-electron chi connectivity index (χ3n) is 1.40. The van der Waals surface area contributed by atoms with Crippen molar-refractivity contribution >= 4 is 17.7 Å². The fourth-order valence-electron chi connectivity index (χ4n) is 0.730. The summed E-state index contributed by atoms with van der Waals surface area (Å²) in [6.07, 6.45) is 0. The third kappa shape index (κ3) is 3.30. The van der Waals surface area contributed by atoms with Crippen molar-refractivity contribution in [1.82, 2.24) is 20.2 Å². The van der Waals surface area contributed by atoms with Gasteiger partial charge in [0.05, 0.1) is 12.8 Å². The second-order valence-corrected chi connectivity index (χ2v) is 3.69. The molecule has 0 saturated carbocycles. The first-order chi connectivity index (χ1) is 6.59. The van der Waals surface area contributed by atoms with Gasteiger partial charge >= 0.3 is 5.97 Å². The van der Waals surface area contributed by atoms with Gasteiger partial charge in [0.1, 0.15) is 6.04 Å². The lowest BCUT2D eigenvalue weighted by Crippen LogP contribution is -2.32. The van der Waals surface area contributed by atoms with Crippen LogP contribution < -0.4 is 5.73 Å². The number of aliphatic carboxylic acids is 1. The number of carboxylic acid groups (broad SMARTS) is 1. The van der Waals surface area contributed by atoms with Crippen molar-refractivity contribution in [3.63, 3.8) is 0 Å². The molecule has 0 aromatic carbocycles. The summed E-state index contributed by atoms with van der Waals surface area (Å²) in [4.78, 5) is 11.7. The van der Waals surface area contributed by atoms with Crippen LogP contribution in [0.2, 0.25) is 0 Å². The molecule has 0 aliphatic carbocycles. The van der Waals surface area contributed by atoms with E-state index < -0.39 is 12.0 Å². The summed E-state index contributed by atoms with van der Waals surface area (Å²) in [6, 6.07) is -0.836. The molecule has 1 rings (SSSR count). The number of rotatable bonds is 5. The Morgan fingerprint density at radius 2 is 2.50 bits per heavy atom. The Kier molecular flexibility index (Phi) is 3.84. The Balaban J connectivity index is 2.25. The van der Waals surface area contributed by atoms with E-state index in [9.17, 15) is 4.79 Å². The minimum absolute atomic E-state index is 0.341. The highest BCUT2D eigenvalue weighted by Crippen LogP contribution is 2.07. The van der Waals surface area contributed by atoms with Crippen LogP contribution in [0.4, 0.5) is 0 Å². The number of carboxylic acids is 1. The average molecular weight is 217 g/mol. The first-order valence-electron chi connectivity index (χ1n) is 3.88. The highest BCUT2D eigenvalue weighted by molar-refractivity contribution is 7.98. The van der Waals surface area contributed by atoms with E-state index >= 15 is 0 Å². The average Bonchev–Trinajstić information content (AvgIpc) is 2.51. The van der Waals surface area contributed by atoms with E-state index in [-0.39, 0.29) is 0 Å². The maximum Gasteiger partial charge on any atom is 0.321 e. The molecule has 0 aliphatic rings. The third-order valence-corrected chi connectivity index (χ3v) is 2.45. The molecule has 0 saturated heterocycles. The molecule has 1 aromatic rings. The molecule has 14 heavy (non-hydrogen) atoms. The zero-order valence-corrected chi connectivity index (χ0v) is 8.44. The molecule has 8 heteroatoms. The Morgan fingerprint density at radius 1 is 1.79 bits per heavy atom. The predicted molar refractivity (Wildman–Crippen MR) is 50.6 cm³/mol. The molecule has 0 bridgehead atoms. The molecule has 3 N–H and O–H groups in total. The van der Waals surface area contributed by atoms with E-state index in [0.29, 0.717) is 17.3 Å². The van der Waals surface area contributed by atoms with Crippen molar-refractivity contribution in [3.05, 3.63) is 5.82 Å². The minimum atomic E-state index is -0.996. The van der Waals surface area contributed by atoms with Gasteiger partial charge in [-0.1, -0.05) is 0 Å². The summed E-state index contributed by atoms with van der Waals surface area (Å²) >= 11 is 1.37. The monoisotopic (exact) mass is 217 g/mol. The van der Waals surface area contributed by atoms with Gasteiger partial charge in [-0.25, -0.2) is 0 Å². The quantitative estimate of drug-likeness (QED) is 0.641. The molecule has 0 unspecified atom stereocenters. The number of carbonyl (C=O) groups is 1. The van der Waals surface area contributed by atoms with Gasteiger partial charge in [0.25, 0.3) is 0 Å². The summed E-state index contributed by atoms with van der Waals surface area (Å²) in [5, 5.41) is 19.8. The van der Waals surface area contributed by atoms with Crippen LogP contribution in [0.25, 0.3) is 0 Å². The van der Waals surface area contributed by atoms with Crippen LogP contribution in [0.15, 0.2) is 0 Å². The second kappa shape index (κ2) is 4.91. The van der Waals surface area contributed by atoms with Crippen molar-refractivity contribution in [3.8, 4) is 0 Å². The number of tetrazole rings is 1. The van der Waals surface area contributed by atoms with E-state index in [1.807, 2.05) is 0 Å². The fraction of sp³-hybridized carbons (Fsp3) is 0.667. The fourth-order valence-corrected chi connectivity index (χ4v) is 1.54. The predicted octanol–water partition coefficient (Wildman–Crippen LogP) is -1.14. The van der Waals surface area contributed by atoms with Crippen molar-refractivity contribution < 1.29 is 9.90 Å². The molecule has 1 aromatic heterocycles. The van der Waals surface area contributed by atoms with Crippen LogP contribution in [0.1, 0.15) is 5.82 Å². The summed E-state index contributed by atoms with van der Waals surface area (Å²) in [7, 11) is 1.67. The molecule has 7 nitrogen and oxygen atoms in total. The van der Waals surface area contributed by atoms with Gasteiger partial charge in [-0.05, 0) is 5.21 Å². The molecular formula is C6H11N5O2S. The number of aryl methyl sites for hydroxylation is 1. The molecule has 0 amide bonds. The standard InChI is InChI=1S/C6H11N5O2S/c1-11-9-5(8-10-11)3-14-2-4(7)6(12)13/h4H,2-3,7H2,1H3,(H,12,13)/t4-/m0/s1. The van der Waals surface area contributed by atoms with Crippen LogP contribution in [-0.2, 0) is 17.6 Å². The van der Waals surface area contributed by atoms with Crippen molar-refractivity contribution in [2.45, 2.75) is 11.8 Å². The number of hydrogen-bond acceptors (Lipinski definition) is 6. The number of hydrogen-bond donors (Lipinski definition) is 2. The molecule has 1 atom stereocenters. The summed E-state index contributed by atoms with van der Waals surface area (Å²) in [5.41, 5.74) is 5.30. The van der Waals surface area contributed by atoms with E-state index in [1.54, 1.807) is 7.05 Å². The zero-order valence-electron chi connectivity index (χ0n) is 7.62. The second-order valence-electron chi connectivity index (χ2n) is 2.65. The number of nitrogens with two attached hydrogens (primary N) is 1. The smallest absolute Gasteiger partial charge is 0.321 e. The number of nitrogens with zero attached hydrogens (tertiary/aromatic N) is 4. The lowest BCUT2D eigenvalue weighted by atomic mass is 10.4. The number of thioether (sulfide) groups is 1. The van der Waals surface area contributed by atoms with Gasteiger partial charge in [-0.2, -0.15) is 16.6 Å². The summed E-state index contributed by atoms with van der Waals surface area (Å²) < 4.78 is 0. The van der Waals surface area contributed by atoms with Crippen molar-refractivity contribution in [2.24, 2.45) is 12.8 Å². The highest BCUT2D eigenvalue weighted by atomic mass is 32.2. The summed E-state index contributed by atoms with van der Waals surface area (Å²) in [6.45, 7) is 0. The van der Waals surface area contributed by atoms with Gasteiger partial charge < -0.3 is 10.8 Å². The van der Waals surface area contributed by atoms with Crippen molar-refractivity contribution in [2.75, 3.05) is 5.75 Å². The largest absolute Gasteiger partial charge is 0.480 e. The highest BCUT2D eigenvalue weighted by Gasteiger charge is 2.11. The first-order valence-corrected chi connectivity index (χ1v) is 5.04. The molecule has 0 radical (unpaired) electrons. The van der Waals surface area contributed by atoms with Gasteiger partial charge in [-0.3, -0.25) is 4.79 Å². The van der Waals surface area contributed by atoms with Crippen LogP contribution in [-0.4, -0.2) is 43.1 Å². The molecule has 78 valence electrons. The van der Waals surface area contributed by atoms with E-state index in [4.69, 9.17) is 10.8 Å². The topological polar surface area (TPSA) is 107 Å². The Bertz CT molecular complexity index is 315. The molecule has 0 spiro atoms. The van der Waals surface area contributed by atoms with Gasteiger partial charge in [0, 0.05) is 5.75 Å². The van der Waals surface area contributed by atoms with Crippen LogP contribution in [0.3, 0.4) is 0 Å². The molecule has 1 heterocycles. The van der Waals surface area contributed by atoms with Crippen LogP contribution in [0.5, 0.6) is 0 Å². The minimum Gasteiger partial charge on any atom is -0.480 e. The van der Waals surface area contributed by atoms with Gasteiger partial charge in [-0.15, -0.1) is 10.2 Å². The van der Waals surface area contributed by atoms with Gasteiger partial charge in [0.2, 0.25) is 0 Å².